The van der Waals surface area contributed by atoms with Gasteiger partial charge in [0.05, 0.1) is 0 Å². The normalized spacial score (nSPS) is 21.1. The summed E-state index contributed by atoms with van der Waals surface area (Å²) in [5.74, 6) is 0.0301. The van der Waals surface area contributed by atoms with Crippen molar-refractivity contribution in [3.8, 4) is 0 Å². The Morgan fingerprint density at radius 1 is 1.31 bits per heavy atom. The summed E-state index contributed by atoms with van der Waals surface area (Å²) < 4.78 is 0. The van der Waals surface area contributed by atoms with E-state index in [1.807, 2.05) is 30.3 Å². The van der Waals surface area contributed by atoms with Crippen molar-refractivity contribution in [2.45, 2.75) is 6.04 Å². The van der Waals surface area contributed by atoms with Gasteiger partial charge in [-0.05, 0) is 5.56 Å². The lowest BCUT2D eigenvalue weighted by molar-refractivity contribution is -0.120. The number of amides is 1. The van der Waals surface area contributed by atoms with Gasteiger partial charge in [0.25, 0.3) is 5.91 Å². The number of nitrogens with one attached hydrogen (secondary N) is 1. The molecule has 0 aliphatic carbocycles. The molecule has 1 aromatic carbocycles. The summed E-state index contributed by atoms with van der Waals surface area (Å²) in [6.45, 7) is 0. The molecule has 1 amide bonds. The summed E-state index contributed by atoms with van der Waals surface area (Å²) in [4.78, 5) is 15.3. The Labute approximate surface area is 75.5 Å². The second-order valence-corrected chi connectivity index (χ2v) is 2.82. The summed E-state index contributed by atoms with van der Waals surface area (Å²) >= 11 is 0. The number of aliphatic imine (C=N–C) groups is 1. The minimum atomic E-state index is -0.471. The average molecular weight is 175 g/mol. The van der Waals surface area contributed by atoms with Gasteiger partial charge in [-0.25, -0.2) is 4.99 Å². The van der Waals surface area contributed by atoms with Crippen molar-refractivity contribution in [1.82, 2.24) is 5.32 Å². The fourth-order valence-electron chi connectivity index (χ4n) is 1.29. The molecule has 0 unspecified atom stereocenters. The van der Waals surface area contributed by atoms with E-state index >= 15 is 0 Å². The van der Waals surface area contributed by atoms with Crippen molar-refractivity contribution in [3.63, 3.8) is 0 Å². The predicted molar refractivity (Wildman–Crippen MR) is 48.9 cm³/mol. The van der Waals surface area contributed by atoms with Crippen LogP contribution in [0.25, 0.3) is 0 Å². The van der Waals surface area contributed by atoms with Gasteiger partial charge in [0, 0.05) is 0 Å². The van der Waals surface area contributed by atoms with Crippen LogP contribution in [0.2, 0.25) is 0 Å². The first-order valence-corrected chi connectivity index (χ1v) is 3.96. The van der Waals surface area contributed by atoms with Crippen LogP contribution in [-0.2, 0) is 4.79 Å². The second kappa shape index (κ2) is 2.90. The topological polar surface area (TPSA) is 67.5 Å². The van der Waals surface area contributed by atoms with Gasteiger partial charge in [0.1, 0.15) is 0 Å². The third kappa shape index (κ3) is 1.38. The zero-order chi connectivity index (χ0) is 9.26. The number of nitrogens with two attached hydrogens (primary N) is 1. The van der Waals surface area contributed by atoms with Crippen molar-refractivity contribution in [2.75, 3.05) is 0 Å². The SMILES string of the molecule is NC1=N[C@@H](c2ccccc2)C(=O)N1. The van der Waals surface area contributed by atoms with E-state index < -0.39 is 6.04 Å². The maximum Gasteiger partial charge on any atom is 0.256 e. The number of nitrogens with zero attached hydrogens (tertiary/aromatic N) is 1. The molecule has 66 valence electrons. The van der Waals surface area contributed by atoms with E-state index in [1.165, 1.54) is 0 Å². The molecule has 1 heterocycles. The number of guanidine groups is 1. The Balaban J connectivity index is 2.33. The number of carbonyl (C=O) groups excluding carboxylic acids is 1. The van der Waals surface area contributed by atoms with Crippen LogP contribution in [0.5, 0.6) is 0 Å². The molecule has 2 rings (SSSR count). The molecule has 13 heavy (non-hydrogen) atoms. The Morgan fingerprint density at radius 2 is 2.00 bits per heavy atom. The molecule has 0 spiro atoms. The predicted octanol–water partition coefficient (Wildman–Crippen LogP) is 0.172. The Hall–Kier alpha value is -1.84. The lowest BCUT2D eigenvalue weighted by Crippen LogP contribution is -2.31. The van der Waals surface area contributed by atoms with E-state index in [4.69, 9.17) is 5.73 Å². The minimum Gasteiger partial charge on any atom is -0.370 e. The van der Waals surface area contributed by atoms with E-state index in [1.54, 1.807) is 0 Å². The second-order valence-electron chi connectivity index (χ2n) is 2.82. The van der Waals surface area contributed by atoms with Crippen LogP contribution < -0.4 is 11.1 Å². The van der Waals surface area contributed by atoms with Crippen LogP contribution in [0.4, 0.5) is 0 Å². The summed E-state index contributed by atoms with van der Waals surface area (Å²) in [7, 11) is 0. The van der Waals surface area contributed by atoms with Crippen molar-refractivity contribution in [2.24, 2.45) is 10.7 Å². The van der Waals surface area contributed by atoms with Crippen molar-refractivity contribution < 1.29 is 4.79 Å². The molecular weight excluding hydrogens is 166 g/mol. The average Bonchev–Trinajstić information content (AvgIpc) is 2.47. The van der Waals surface area contributed by atoms with Crippen LogP contribution >= 0.6 is 0 Å². The Morgan fingerprint density at radius 3 is 2.54 bits per heavy atom. The zero-order valence-electron chi connectivity index (χ0n) is 6.90. The quantitative estimate of drug-likeness (QED) is 0.639. The Bertz CT molecular complexity index is 358. The molecule has 1 atom stereocenters. The third-order valence-corrected chi connectivity index (χ3v) is 1.88. The lowest BCUT2D eigenvalue weighted by atomic mass is 10.1. The van der Waals surface area contributed by atoms with Crippen molar-refractivity contribution >= 4 is 11.9 Å². The van der Waals surface area contributed by atoms with Crippen LogP contribution in [0.15, 0.2) is 35.3 Å². The lowest BCUT2D eigenvalue weighted by Gasteiger charge is -2.02. The number of carbonyl (C=O) groups is 1. The molecule has 1 aromatic rings. The molecule has 4 heteroatoms. The number of hydrogen-bond acceptors (Lipinski definition) is 3. The summed E-state index contributed by atoms with van der Waals surface area (Å²) in [5.41, 5.74) is 6.23. The standard InChI is InChI=1S/C9H9N3O/c10-9-11-7(8(13)12-9)6-4-2-1-3-5-6/h1-5,7H,(H3,10,11,12,13)/t7-/m0/s1. The molecule has 0 saturated heterocycles. The first kappa shape index (κ1) is 7.79. The fraction of sp³-hybridized carbons (Fsp3) is 0.111. The smallest absolute Gasteiger partial charge is 0.256 e. The van der Waals surface area contributed by atoms with Gasteiger partial charge in [-0.1, -0.05) is 30.3 Å². The number of rotatable bonds is 1. The summed E-state index contributed by atoms with van der Waals surface area (Å²) in [6, 6.07) is 8.86. The maximum atomic E-state index is 11.3. The third-order valence-electron chi connectivity index (χ3n) is 1.88. The fourth-order valence-corrected chi connectivity index (χ4v) is 1.29. The molecule has 0 saturated carbocycles. The van der Waals surface area contributed by atoms with Crippen LogP contribution in [0.3, 0.4) is 0 Å². The highest BCUT2D eigenvalue weighted by Gasteiger charge is 2.25. The van der Waals surface area contributed by atoms with Gasteiger partial charge in [0.15, 0.2) is 12.0 Å². The van der Waals surface area contributed by atoms with Crippen molar-refractivity contribution in [3.05, 3.63) is 35.9 Å². The maximum absolute atomic E-state index is 11.3. The first-order valence-electron chi connectivity index (χ1n) is 3.96. The first-order chi connectivity index (χ1) is 6.27. The van der Waals surface area contributed by atoms with Gasteiger partial charge < -0.3 is 5.73 Å². The number of hydrogen-bond donors (Lipinski definition) is 2. The molecule has 1 aliphatic heterocycles. The Kier molecular flexibility index (Phi) is 1.73. The van der Waals surface area contributed by atoms with E-state index in [2.05, 4.69) is 10.3 Å². The molecule has 0 radical (unpaired) electrons. The molecule has 0 fully saturated rings. The summed E-state index contributed by atoms with van der Waals surface area (Å²) in [5, 5.41) is 2.45. The molecule has 1 aliphatic rings. The van der Waals surface area contributed by atoms with Crippen LogP contribution in [-0.4, -0.2) is 11.9 Å². The van der Waals surface area contributed by atoms with Crippen LogP contribution in [0.1, 0.15) is 11.6 Å². The van der Waals surface area contributed by atoms with Gasteiger partial charge in [-0.3, -0.25) is 10.1 Å². The molecular formula is C9H9N3O. The highest BCUT2D eigenvalue weighted by Crippen LogP contribution is 2.19. The van der Waals surface area contributed by atoms with E-state index in [0.717, 1.165) is 5.56 Å². The highest BCUT2D eigenvalue weighted by atomic mass is 16.2. The summed E-state index contributed by atoms with van der Waals surface area (Å²) in [6.07, 6.45) is 0. The highest BCUT2D eigenvalue weighted by molar-refractivity contribution is 6.04. The molecule has 0 aromatic heterocycles. The van der Waals surface area contributed by atoms with E-state index in [9.17, 15) is 4.79 Å². The molecule has 4 nitrogen and oxygen atoms in total. The van der Waals surface area contributed by atoms with Crippen molar-refractivity contribution in [1.29, 1.82) is 0 Å². The van der Waals surface area contributed by atoms with E-state index in [-0.39, 0.29) is 11.9 Å². The zero-order valence-corrected chi connectivity index (χ0v) is 6.90. The monoisotopic (exact) mass is 175 g/mol. The number of benzene rings is 1. The van der Waals surface area contributed by atoms with Gasteiger partial charge in [-0.2, -0.15) is 0 Å². The van der Waals surface area contributed by atoms with Gasteiger partial charge >= 0.3 is 0 Å². The van der Waals surface area contributed by atoms with E-state index in [0.29, 0.717) is 0 Å². The van der Waals surface area contributed by atoms with Gasteiger partial charge in [-0.15, -0.1) is 0 Å². The molecule has 0 bridgehead atoms. The minimum absolute atomic E-state index is 0.163. The van der Waals surface area contributed by atoms with Crippen LogP contribution in [0, 0.1) is 0 Å². The largest absolute Gasteiger partial charge is 0.370 e. The molecule has 3 N–H and O–H groups in total. The van der Waals surface area contributed by atoms with Gasteiger partial charge in [0.2, 0.25) is 0 Å².